The molecule has 0 saturated heterocycles. The predicted octanol–water partition coefficient (Wildman–Crippen LogP) is 5.89. The van der Waals surface area contributed by atoms with Crippen LogP contribution in [-0.4, -0.2) is 34.0 Å². The van der Waals surface area contributed by atoms with Crippen LogP contribution in [0.3, 0.4) is 0 Å². The first-order chi connectivity index (χ1) is 15.5. The van der Waals surface area contributed by atoms with E-state index in [4.69, 9.17) is 15.7 Å². The van der Waals surface area contributed by atoms with Crippen LogP contribution in [0.1, 0.15) is 0 Å². The lowest BCUT2D eigenvalue weighted by molar-refractivity contribution is 1.11. The van der Waals surface area contributed by atoms with Crippen LogP contribution in [0.4, 0.5) is 11.5 Å². The lowest BCUT2D eigenvalue weighted by Gasteiger charge is -2.18. The van der Waals surface area contributed by atoms with E-state index in [9.17, 15) is 0 Å². The molecular weight excluding hydrogens is 484 g/mol. The molecule has 4 aromatic heterocycles. The maximum atomic E-state index is 6.37. The Morgan fingerprint density at radius 1 is 0.969 bits per heavy atom. The maximum Gasteiger partial charge on any atom is 0.166 e. The van der Waals surface area contributed by atoms with Gasteiger partial charge in [0.25, 0.3) is 0 Å². The van der Waals surface area contributed by atoms with Gasteiger partial charge in [0.05, 0.1) is 28.7 Å². The van der Waals surface area contributed by atoms with Gasteiger partial charge in [-0.25, -0.2) is 15.0 Å². The van der Waals surface area contributed by atoms with Gasteiger partial charge in [0.1, 0.15) is 12.1 Å². The molecule has 6 nitrogen and oxygen atoms in total. The molecule has 32 heavy (non-hydrogen) atoms. The number of nitrogen functional groups attached to an aromatic ring is 1. The Morgan fingerprint density at radius 3 is 2.44 bits per heavy atom. The number of hydrogen-bond donors (Lipinski definition) is 1. The first-order valence-electron chi connectivity index (χ1n) is 9.90. The van der Waals surface area contributed by atoms with Crippen molar-refractivity contribution in [2.24, 2.45) is 0 Å². The summed E-state index contributed by atoms with van der Waals surface area (Å²) in [6.07, 6.45) is 3.30. The number of thiophene rings is 1. The van der Waals surface area contributed by atoms with E-state index in [1.165, 1.54) is 6.33 Å². The Hall–Kier alpha value is -3.36. The normalized spacial score (nSPS) is 11.1. The minimum Gasteiger partial charge on any atom is -0.383 e. The standard InChI is InChI=1S/C24H19BrN6S/c1-31(2)16-8-9-17(27-11-16)22-19(14-6-4-3-5-7-14)20(18-10-15(25)12-32-18)21-23(26)28-13-29-24(21)30-22/h3-13H,1-2H3,(H2,26,28,29,30). The predicted molar refractivity (Wildman–Crippen MR) is 136 cm³/mol. The van der Waals surface area contributed by atoms with Crippen LogP contribution in [-0.2, 0) is 0 Å². The summed E-state index contributed by atoms with van der Waals surface area (Å²) in [5.41, 5.74) is 12.4. The van der Waals surface area contributed by atoms with Crippen LogP contribution in [0.15, 0.2) is 70.9 Å². The minimum atomic E-state index is 0.404. The highest BCUT2D eigenvalue weighted by atomic mass is 79.9. The molecule has 8 heteroatoms. The van der Waals surface area contributed by atoms with Gasteiger partial charge in [-0.3, -0.25) is 4.98 Å². The molecule has 4 heterocycles. The maximum absolute atomic E-state index is 6.37. The molecule has 2 N–H and O–H groups in total. The van der Waals surface area contributed by atoms with Crippen molar-refractivity contribution in [3.63, 3.8) is 0 Å². The molecule has 158 valence electrons. The average Bonchev–Trinajstić information content (AvgIpc) is 3.24. The number of nitrogens with two attached hydrogens (primary N) is 1. The Balaban J connectivity index is 1.92. The summed E-state index contributed by atoms with van der Waals surface area (Å²) in [6.45, 7) is 0. The third kappa shape index (κ3) is 3.61. The summed E-state index contributed by atoms with van der Waals surface area (Å²) < 4.78 is 1.01. The summed E-state index contributed by atoms with van der Waals surface area (Å²) in [5.74, 6) is 0.404. The monoisotopic (exact) mass is 502 g/mol. The number of pyridine rings is 2. The fraction of sp³-hybridized carbons (Fsp3) is 0.0833. The SMILES string of the molecule is CN(C)c1ccc(-c2nc3ncnc(N)c3c(-c3cc(Br)cs3)c2-c2ccccc2)nc1. The van der Waals surface area contributed by atoms with Crippen molar-refractivity contribution < 1.29 is 0 Å². The van der Waals surface area contributed by atoms with Crippen molar-refractivity contribution in [2.45, 2.75) is 0 Å². The van der Waals surface area contributed by atoms with Crippen molar-refractivity contribution >= 4 is 49.8 Å². The summed E-state index contributed by atoms with van der Waals surface area (Å²) in [4.78, 5) is 21.5. The van der Waals surface area contributed by atoms with Crippen molar-refractivity contribution in [1.82, 2.24) is 19.9 Å². The molecule has 0 bridgehead atoms. The first-order valence-corrected chi connectivity index (χ1v) is 11.6. The van der Waals surface area contributed by atoms with Gasteiger partial charge < -0.3 is 10.6 Å². The van der Waals surface area contributed by atoms with Gasteiger partial charge in [0.15, 0.2) is 5.65 Å². The highest BCUT2D eigenvalue weighted by molar-refractivity contribution is 9.10. The van der Waals surface area contributed by atoms with Gasteiger partial charge in [-0.1, -0.05) is 30.3 Å². The number of anilines is 2. The molecular formula is C24H19BrN6S. The Morgan fingerprint density at radius 2 is 1.78 bits per heavy atom. The van der Waals surface area contributed by atoms with E-state index < -0.39 is 0 Å². The first kappa shape index (κ1) is 20.5. The second kappa shape index (κ2) is 8.29. The summed E-state index contributed by atoms with van der Waals surface area (Å²) >= 11 is 5.23. The van der Waals surface area contributed by atoms with E-state index in [0.717, 1.165) is 48.5 Å². The summed E-state index contributed by atoms with van der Waals surface area (Å²) in [6, 6.07) is 16.3. The molecule has 1 aromatic carbocycles. The van der Waals surface area contributed by atoms with Crippen LogP contribution in [0.25, 0.3) is 44.0 Å². The van der Waals surface area contributed by atoms with Gasteiger partial charge in [-0.2, -0.15) is 0 Å². The third-order valence-electron chi connectivity index (χ3n) is 5.19. The Kier molecular flexibility index (Phi) is 5.32. The number of aromatic nitrogens is 4. The third-order valence-corrected chi connectivity index (χ3v) is 6.90. The molecule has 0 amide bonds. The van der Waals surface area contributed by atoms with Crippen molar-refractivity contribution in [2.75, 3.05) is 24.7 Å². The molecule has 5 rings (SSSR count). The van der Waals surface area contributed by atoms with E-state index in [0.29, 0.717) is 11.5 Å². The minimum absolute atomic E-state index is 0.404. The van der Waals surface area contributed by atoms with Crippen molar-refractivity contribution in [3.05, 3.63) is 70.9 Å². The molecule has 0 fully saturated rings. The molecule has 0 spiro atoms. The fourth-order valence-electron chi connectivity index (χ4n) is 3.67. The van der Waals surface area contributed by atoms with Gasteiger partial charge in [0.2, 0.25) is 0 Å². The molecule has 0 saturated carbocycles. The fourth-order valence-corrected chi connectivity index (χ4v) is 5.16. The molecule has 0 radical (unpaired) electrons. The van der Waals surface area contributed by atoms with Gasteiger partial charge >= 0.3 is 0 Å². The average molecular weight is 503 g/mol. The second-order valence-electron chi connectivity index (χ2n) is 7.46. The van der Waals surface area contributed by atoms with Crippen LogP contribution < -0.4 is 10.6 Å². The number of nitrogens with zero attached hydrogens (tertiary/aromatic N) is 5. The lowest BCUT2D eigenvalue weighted by Crippen LogP contribution is -2.09. The zero-order chi connectivity index (χ0) is 22.2. The molecule has 0 unspecified atom stereocenters. The highest BCUT2D eigenvalue weighted by Crippen LogP contribution is 2.46. The zero-order valence-corrected chi connectivity index (χ0v) is 19.9. The van der Waals surface area contributed by atoms with Crippen molar-refractivity contribution in [3.8, 4) is 33.0 Å². The number of rotatable bonds is 4. The number of benzene rings is 1. The van der Waals surface area contributed by atoms with Crippen LogP contribution >= 0.6 is 27.3 Å². The molecule has 0 aliphatic heterocycles. The highest BCUT2D eigenvalue weighted by Gasteiger charge is 2.23. The smallest absolute Gasteiger partial charge is 0.166 e. The number of fused-ring (bicyclic) bond motifs is 1. The summed E-state index contributed by atoms with van der Waals surface area (Å²) in [7, 11) is 3.99. The second-order valence-corrected chi connectivity index (χ2v) is 9.29. The largest absolute Gasteiger partial charge is 0.383 e. The van der Waals surface area contributed by atoms with Gasteiger partial charge in [-0.15, -0.1) is 11.3 Å². The van der Waals surface area contributed by atoms with E-state index in [1.54, 1.807) is 11.3 Å². The van der Waals surface area contributed by atoms with E-state index >= 15 is 0 Å². The number of halogens is 1. The molecule has 0 aliphatic rings. The van der Waals surface area contributed by atoms with Gasteiger partial charge in [-0.05, 0) is 39.7 Å². The number of hydrogen-bond acceptors (Lipinski definition) is 7. The van der Waals surface area contributed by atoms with E-state index in [1.807, 2.05) is 55.5 Å². The van der Waals surface area contributed by atoms with Crippen LogP contribution in [0.2, 0.25) is 0 Å². The zero-order valence-electron chi connectivity index (χ0n) is 17.5. The van der Waals surface area contributed by atoms with Gasteiger partial charge in [0, 0.05) is 40.0 Å². The lowest BCUT2D eigenvalue weighted by atomic mass is 9.93. The quantitative estimate of drug-likeness (QED) is 0.329. The topological polar surface area (TPSA) is 80.8 Å². The van der Waals surface area contributed by atoms with E-state index in [-0.39, 0.29) is 0 Å². The van der Waals surface area contributed by atoms with Crippen molar-refractivity contribution in [1.29, 1.82) is 0 Å². The molecule has 0 atom stereocenters. The Bertz CT molecular complexity index is 1410. The Labute approximate surface area is 198 Å². The van der Waals surface area contributed by atoms with Crippen LogP contribution in [0, 0.1) is 0 Å². The van der Waals surface area contributed by atoms with Crippen LogP contribution in [0.5, 0.6) is 0 Å². The molecule has 0 aliphatic carbocycles. The molecule has 5 aromatic rings. The van der Waals surface area contributed by atoms with E-state index in [2.05, 4.69) is 49.5 Å². The summed E-state index contributed by atoms with van der Waals surface area (Å²) in [5, 5.41) is 2.80.